The maximum Gasteiger partial charge on any atom is 0.342 e. The van der Waals surface area contributed by atoms with Crippen molar-refractivity contribution < 1.29 is 24.3 Å². The van der Waals surface area contributed by atoms with E-state index in [4.69, 9.17) is 14.6 Å². The molecule has 2 N–H and O–H groups in total. The van der Waals surface area contributed by atoms with Gasteiger partial charge in [0.2, 0.25) is 0 Å². The van der Waals surface area contributed by atoms with Crippen LogP contribution in [0, 0.1) is 10.1 Å². The minimum atomic E-state index is -1.35. The third-order valence-corrected chi connectivity index (χ3v) is 2.64. The SMILES string of the molecule is COCC(CNc1ccc([N+](=O)[O-])c(C(=O)O)c1)OC. The second-order valence-electron chi connectivity index (χ2n) is 3.99. The van der Waals surface area contributed by atoms with Crippen LogP contribution in [0.1, 0.15) is 10.4 Å². The molecule has 0 aliphatic heterocycles. The summed E-state index contributed by atoms with van der Waals surface area (Å²) in [4.78, 5) is 21.0. The third-order valence-electron chi connectivity index (χ3n) is 2.64. The van der Waals surface area contributed by atoms with Crippen molar-refractivity contribution in [2.45, 2.75) is 6.10 Å². The van der Waals surface area contributed by atoms with Crippen LogP contribution in [0.25, 0.3) is 0 Å². The average Bonchev–Trinajstić information content (AvgIpc) is 2.42. The van der Waals surface area contributed by atoms with E-state index in [1.165, 1.54) is 19.2 Å². The van der Waals surface area contributed by atoms with Crippen molar-refractivity contribution in [3.63, 3.8) is 0 Å². The van der Waals surface area contributed by atoms with Crippen LogP contribution in [-0.2, 0) is 9.47 Å². The van der Waals surface area contributed by atoms with Gasteiger partial charge in [-0.15, -0.1) is 0 Å². The molecule has 1 unspecified atom stereocenters. The molecule has 1 aromatic carbocycles. The molecule has 0 saturated heterocycles. The highest BCUT2D eigenvalue weighted by Gasteiger charge is 2.20. The summed E-state index contributed by atoms with van der Waals surface area (Å²) < 4.78 is 10.1. The standard InChI is InChI=1S/C12H16N2O6/c1-19-7-9(20-2)6-13-8-3-4-11(14(17)18)10(5-8)12(15)16/h3-5,9,13H,6-7H2,1-2H3,(H,15,16). The van der Waals surface area contributed by atoms with Crippen LogP contribution in [0.2, 0.25) is 0 Å². The molecule has 20 heavy (non-hydrogen) atoms. The number of benzene rings is 1. The Morgan fingerprint density at radius 1 is 1.50 bits per heavy atom. The van der Waals surface area contributed by atoms with Crippen LogP contribution in [0.3, 0.4) is 0 Å². The first-order valence-electron chi connectivity index (χ1n) is 5.77. The van der Waals surface area contributed by atoms with Gasteiger partial charge in [-0.2, -0.15) is 0 Å². The summed E-state index contributed by atoms with van der Waals surface area (Å²) in [6, 6.07) is 3.83. The fraction of sp³-hybridized carbons (Fsp3) is 0.417. The number of hydrogen-bond donors (Lipinski definition) is 2. The van der Waals surface area contributed by atoms with Gasteiger partial charge in [-0.1, -0.05) is 0 Å². The first-order valence-corrected chi connectivity index (χ1v) is 5.77. The summed E-state index contributed by atoms with van der Waals surface area (Å²) >= 11 is 0. The van der Waals surface area contributed by atoms with Gasteiger partial charge < -0.3 is 19.9 Å². The topological polar surface area (TPSA) is 111 Å². The van der Waals surface area contributed by atoms with Gasteiger partial charge in [0.15, 0.2) is 0 Å². The summed E-state index contributed by atoms with van der Waals surface area (Å²) in [5.41, 5.74) is -0.338. The largest absolute Gasteiger partial charge is 0.477 e. The zero-order chi connectivity index (χ0) is 15.1. The number of nitrogens with zero attached hydrogens (tertiary/aromatic N) is 1. The number of hydrogen-bond acceptors (Lipinski definition) is 6. The number of anilines is 1. The van der Waals surface area contributed by atoms with Crippen LogP contribution in [0.5, 0.6) is 0 Å². The third kappa shape index (κ3) is 4.18. The first-order chi connectivity index (χ1) is 9.49. The summed E-state index contributed by atoms with van der Waals surface area (Å²) in [6.45, 7) is 0.767. The predicted molar refractivity (Wildman–Crippen MR) is 71.2 cm³/mol. The maximum atomic E-state index is 11.0. The van der Waals surface area contributed by atoms with E-state index in [-0.39, 0.29) is 11.7 Å². The van der Waals surface area contributed by atoms with Gasteiger partial charge in [0.05, 0.1) is 17.6 Å². The van der Waals surface area contributed by atoms with Gasteiger partial charge in [0.25, 0.3) is 5.69 Å². The van der Waals surface area contributed by atoms with Crippen molar-refractivity contribution in [2.24, 2.45) is 0 Å². The van der Waals surface area contributed by atoms with Gasteiger partial charge >= 0.3 is 5.97 Å². The quantitative estimate of drug-likeness (QED) is 0.547. The highest BCUT2D eigenvalue weighted by molar-refractivity contribution is 5.93. The molecule has 1 aromatic rings. The van der Waals surface area contributed by atoms with Crippen LogP contribution in [0.4, 0.5) is 11.4 Å². The Balaban J connectivity index is 2.84. The minimum Gasteiger partial charge on any atom is -0.477 e. The molecule has 0 aromatic heterocycles. The number of nitro groups is 1. The van der Waals surface area contributed by atoms with Gasteiger partial charge in [-0.25, -0.2) is 4.79 Å². The van der Waals surface area contributed by atoms with Gasteiger partial charge in [0, 0.05) is 32.5 Å². The fourth-order valence-electron chi connectivity index (χ4n) is 1.60. The second-order valence-corrected chi connectivity index (χ2v) is 3.99. The Morgan fingerprint density at radius 2 is 2.20 bits per heavy atom. The first kappa shape index (κ1) is 15.9. The molecule has 0 fully saturated rings. The molecule has 8 heteroatoms. The lowest BCUT2D eigenvalue weighted by Gasteiger charge is -2.16. The van der Waals surface area contributed by atoms with Crippen molar-refractivity contribution in [2.75, 3.05) is 32.7 Å². The van der Waals surface area contributed by atoms with E-state index >= 15 is 0 Å². The normalized spacial score (nSPS) is 11.9. The number of carboxylic acid groups (broad SMARTS) is 1. The highest BCUT2D eigenvalue weighted by Crippen LogP contribution is 2.22. The van der Waals surface area contributed by atoms with Crippen LogP contribution >= 0.6 is 0 Å². The summed E-state index contributed by atoms with van der Waals surface area (Å²) in [7, 11) is 3.07. The van der Waals surface area contributed by atoms with Gasteiger partial charge in [-0.05, 0) is 12.1 Å². The van der Waals surface area contributed by atoms with Crippen LogP contribution in [0.15, 0.2) is 18.2 Å². The Kier molecular flexibility index (Phi) is 5.88. The molecule has 0 spiro atoms. The molecule has 0 bridgehead atoms. The lowest BCUT2D eigenvalue weighted by Crippen LogP contribution is -2.26. The molecule has 0 saturated carbocycles. The lowest BCUT2D eigenvalue weighted by molar-refractivity contribution is -0.385. The molecule has 8 nitrogen and oxygen atoms in total. The Labute approximate surface area is 115 Å². The lowest BCUT2D eigenvalue weighted by atomic mass is 10.1. The maximum absolute atomic E-state index is 11.0. The molecule has 1 rings (SSSR count). The summed E-state index contributed by atoms with van der Waals surface area (Å²) in [6.07, 6.45) is -0.205. The van der Waals surface area contributed by atoms with E-state index in [1.807, 2.05) is 0 Å². The van der Waals surface area contributed by atoms with E-state index in [0.717, 1.165) is 6.07 Å². The Hall–Kier alpha value is -2.19. The van der Waals surface area contributed by atoms with Crippen LogP contribution in [-0.4, -0.2) is 49.5 Å². The number of aromatic carboxylic acids is 1. The molecular weight excluding hydrogens is 268 g/mol. The summed E-state index contributed by atoms with van der Waals surface area (Å²) in [5.74, 6) is -1.35. The second kappa shape index (κ2) is 7.41. The van der Waals surface area contributed by atoms with Gasteiger partial charge in [0.1, 0.15) is 5.56 Å². The van der Waals surface area contributed by atoms with E-state index in [0.29, 0.717) is 18.8 Å². The number of nitro benzene ring substituents is 1. The number of rotatable bonds is 8. The minimum absolute atomic E-state index is 0.205. The number of carboxylic acids is 1. The van der Waals surface area contributed by atoms with E-state index in [9.17, 15) is 14.9 Å². The van der Waals surface area contributed by atoms with E-state index < -0.39 is 16.6 Å². The fourth-order valence-corrected chi connectivity index (χ4v) is 1.60. The number of nitrogens with one attached hydrogen (secondary N) is 1. The number of carbonyl (C=O) groups is 1. The van der Waals surface area contributed by atoms with E-state index in [2.05, 4.69) is 5.32 Å². The number of methoxy groups -OCH3 is 2. The van der Waals surface area contributed by atoms with Crippen molar-refractivity contribution in [1.82, 2.24) is 0 Å². The van der Waals surface area contributed by atoms with Gasteiger partial charge in [-0.3, -0.25) is 10.1 Å². The zero-order valence-electron chi connectivity index (χ0n) is 11.2. The Morgan fingerprint density at radius 3 is 2.70 bits per heavy atom. The van der Waals surface area contributed by atoms with Crippen molar-refractivity contribution in [1.29, 1.82) is 0 Å². The van der Waals surface area contributed by atoms with Crippen molar-refractivity contribution >= 4 is 17.3 Å². The highest BCUT2D eigenvalue weighted by atomic mass is 16.6. The molecule has 1 atom stereocenters. The molecular formula is C12H16N2O6. The monoisotopic (exact) mass is 284 g/mol. The number of ether oxygens (including phenoxy) is 2. The smallest absolute Gasteiger partial charge is 0.342 e. The average molecular weight is 284 g/mol. The summed E-state index contributed by atoms with van der Waals surface area (Å²) in [5, 5.41) is 22.6. The molecule has 110 valence electrons. The Bertz CT molecular complexity index is 491. The van der Waals surface area contributed by atoms with Crippen molar-refractivity contribution in [3.05, 3.63) is 33.9 Å². The molecule has 0 amide bonds. The molecule has 0 heterocycles. The van der Waals surface area contributed by atoms with Crippen molar-refractivity contribution in [3.8, 4) is 0 Å². The molecule has 0 radical (unpaired) electrons. The molecule has 0 aliphatic rings. The van der Waals surface area contributed by atoms with Crippen LogP contribution < -0.4 is 5.32 Å². The molecule has 0 aliphatic carbocycles. The van der Waals surface area contributed by atoms with E-state index in [1.54, 1.807) is 7.11 Å². The predicted octanol–water partition coefficient (Wildman–Crippen LogP) is 1.37. The zero-order valence-corrected chi connectivity index (χ0v) is 11.2.